The Hall–Kier alpha value is -1.41. The van der Waals surface area contributed by atoms with Crippen molar-refractivity contribution in [3.8, 4) is 0 Å². The number of rotatable bonds is 4. The van der Waals surface area contributed by atoms with Crippen LogP contribution in [0.25, 0.3) is 0 Å². The fourth-order valence-corrected chi connectivity index (χ4v) is 1.52. The van der Waals surface area contributed by atoms with Crippen molar-refractivity contribution in [2.45, 2.75) is 6.61 Å². The van der Waals surface area contributed by atoms with Crippen LogP contribution in [-0.4, -0.2) is 31.0 Å². The average molecular weight is 237 g/mol. The van der Waals surface area contributed by atoms with Crippen LogP contribution in [0.15, 0.2) is 24.3 Å². The number of amidine groups is 1. The van der Waals surface area contributed by atoms with E-state index in [2.05, 4.69) is 0 Å². The molecule has 4 N–H and O–H groups in total. The molecule has 92 valence electrons. The second-order valence-electron chi connectivity index (χ2n) is 3.77. The van der Waals surface area contributed by atoms with Gasteiger partial charge in [0.25, 0.3) is 0 Å². The van der Waals surface area contributed by atoms with Crippen LogP contribution >= 0.6 is 0 Å². The molecule has 1 aromatic carbocycles. The van der Waals surface area contributed by atoms with Crippen molar-refractivity contribution in [1.29, 1.82) is 5.41 Å². The number of nitrogens with one attached hydrogen (secondary N) is 1. The monoisotopic (exact) mass is 237 g/mol. The van der Waals surface area contributed by atoms with Crippen LogP contribution in [-0.2, 0) is 20.6 Å². The lowest BCUT2D eigenvalue weighted by atomic mass is 10.1. The molecule has 0 unspecified atom stereocenters. The topological polar surface area (TPSA) is 97.8 Å². The van der Waals surface area contributed by atoms with Crippen molar-refractivity contribution in [2.24, 2.45) is 5.73 Å². The summed E-state index contributed by atoms with van der Waals surface area (Å²) in [6.07, 6.45) is 0. The number of hydrogen-bond donors (Lipinski definition) is 3. The van der Waals surface area contributed by atoms with Crippen molar-refractivity contribution in [1.82, 2.24) is 0 Å². The molecular formula is C10H14BN2O4-. The largest absolute Gasteiger partial charge is 0.533 e. The molecule has 0 amide bonds. The van der Waals surface area contributed by atoms with Crippen LogP contribution in [0.4, 0.5) is 0 Å². The van der Waals surface area contributed by atoms with Crippen LogP contribution in [0.5, 0.6) is 0 Å². The number of nitrogens with two attached hydrogens (primary N) is 1. The van der Waals surface area contributed by atoms with Crippen molar-refractivity contribution in [3.63, 3.8) is 0 Å². The van der Waals surface area contributed by atoms with Gasteiger partial charge in [0.1, 0.15) is 5.84 Å². The molecule has 0 spiro atoms. The van der Waals surface area contributed by atoms with E-state index in [4.69, 9.17) is 25.1 Å². The quantitative estimate of drug-likeness (QED) is 0.388. The summed E-state index contributed by atoms with van der Waals surface area (Å²) in [5.74, 6) is 0.0165. The molecule has 0 aliphatic carbocycles. The molecule has 0 aromatic heterocycles. The van der Waals surface area contributed by atoms with Crippen LogP contribution in [0, 0.1) is 5.41 Å². The third-order valence-electron chi connectivity index (χ3n) is 2.47. The Morgan fingerprint density at radius 1 is 1.35 bits per heavy atom. The summed E-state index contributed by atoms with van der Waals surface area (Å²) in [4.78, 5) is 0. The van der Waals surface area contributed by atoms with Crippen molar-refractivity contribution < 1.29 is 19.0 Å². The van der Waals surface area contributed by atoms with Gasteiger partial charge in [-0.25, -0.2) is 0 Å². The molecule has 1 aliphatic rings. The van der Waals surface area contributed by atoms with E-state index in [0.717, 1.165) is 5.56 Å². The standard InChI is InChI=1S/C10H14BN2O4/c12-10(13)9-3-1-8(2-4-9)7-17-11(14)15-5-6-16-11/h1-4,14H,5-7H2,(H3,12,13)/q-1. The van der Waals surface area contributed by atoms with Crippen molar-refractivity contribution >= 4 is 12.8 Å². The summed E-state index contributed by atoms with van der Waals surface area (Å²) in [6.45, 7) is -1.74. The molecule has 0 atom stereocenters. The lowest BCUT2D eigenvalue weighted by molar-refractivity contribution is 0.0529. The molecule has 7 heteroatoms. The van der Waals surface area contributed by atoms with E-state index in [1.807, 2.05) is 0 Å². The summed E-state index contributed by atoms with van der Waals surface area (Å²) < 4.78 is 15.1. The molecule has 6 nitrogen and oxygen atoms in total. The van der Waals surface area contributed by atoms with Gasteiger partial charge in [-0.05, 0) is 5.56 Å². The minimum absolute atomic E-state index is 0.0165. The van der Waals surface area contributed by atoms with Crippen molar-refractivity contribution in [2.75, 3.05) is 13.2 Å². The Morgan fingerprint density at radius 3 is 2.47 bits per heavy atom. The van der Waals surface area contributed by atoms with Gasteiger partial charge in [-0.2, -0.15) is 0 Å². The highest BCUT2D eigenvalue weighted by atomic mass is 16.9. The first kappa shape index (κ1) is 12.1. The van der Waals surface area contributed by atoms with Gasteiger partial charge in [0.05, 0.1) is 0 Å². The van der Waals surface area contributed by atoms with E-state index in [1.165, 1.54) is 0 Å². The second-order valence-corrected chi connectivity index (χ2v) is 3.77. The van der Waals surface area contributed by atoms with E-state index in [0.29, 0.717) is 18.8 Å². The zero-order valence-electron chi connectivity index (χ0n) is 9.26. The van der Waals surface area contributed by atoms with Gasteiger partial charge in [0.2, 0.25) is 0 Å². The predicted molar refractivity (Wildman–Crippen MR) is 62.1 cm³/mol. The Bertz CT molecular complexity index is 403. The third-order valence-corrected chi connectivity index (χ3v) is 2.47. The van der Waals surface area contributed by atoms with Gasteiger partial charge >= 0.3 is 6.96 Å². The summed E-state index contributed by atoms with van der Waals surface area (Å²) in [5, 5.41) is 16.9. The van der Waals surface area contributed by atoms with E-state index < -0.39 is 6.96 Å². The maximum Gasteiger partial charge on any atom is 0.529 e. The van der Waals surface area contributed by atoms with Crippen LogP contribution in [0.3, 0.4) is 0 Å². The molecule has 0 bridgehead atoms. The maximum atomic E-state index is 9.64. The van der Waals surface area contributed by atoms with Gasteiger partial charge in [-0.15, -0.1) is 0 Å². The number of nitrogen functional groups attached to an aromatic ring is 1. The molecule has 2 rings (SSSR count). The van der Waals surface area contributed by atoms with E-state index in [-0.39, 0.29) is 12.4 Å². The predicted octanol–water partition coefficient (Wildman–Crippen LogP) is -0.0380. The SMILES string of the molecule is N=C(N)c1ccc(CO[B-]2(O)OCCO2)cc1. The normalized spacial score (nSPS) is 18.2. The highest BCUT2D eigenvalue weighted by Crippen LogP contribution is 2.15. The highest BCUT2D eigenvalue weighted by Gasteiger charge is 2.31. The summed E-state index contributed by atoms with van der Waals surface area (Å²) >= 11 is 0. The number of hydrogen-bond acceptors (Lipinski definition) is 5. The molecule has 1 aliphatic heterocycles. The van der Waals surface area contributed by atoms with Crippen molar-refractivity contribution in [3.05, 3.63) is 35.4 Å². The summed E-state index contributed by atoms with van der Waals surface area (Å²) in [6, 6.07) is 6.97. The molecule has 1 heterocycles. The first-order chi connectivity index (χ1) is 8.09. The van der Waals surface area contributed by atoms with Crippen LogP contribution in [0.2, 0.25) is 0 Å². The fourth-order valence-electron chi connectivity index (χ4n) is 1.52. The minimum atomic E-state index is -2.58. The molecule has 17 heavy (non-hydrogen) atoms. The van der Waals surface area contributed by atoms with Gasteiger partial charge < -0.3 is 24.7 Å². The van der Waals surface area contributed by atoms with E-state index in [1.54, 1.807) is 24.3 Å². The summed E-state index contributed by atoms with van der Waals surface area (Å²) in [7, 11) is 0. The van der Waals surface area contributed by atoms with E-state index in [9.17, 15) is 5.02 Å². The maximum absolute atomic E-state index is 9.64. The van der Waals surface area contributed by atoms with Gasteiger partial charge in [0.15, 0.2) is 0 Å². The third kappa shape index (κ3) is 3.04. The molecule has 0 saturated carbocycles. The smallest absolute Gasteiger partial charge is 0.529 e. The molecule has 1 saturated heterocycles. The van der Waals surface area contributed by atoms with Gasteiger partial charge in [-0.1, -0.05) is 24.3 Å². The highest BCUT2D eigenvalue weighted by molar-refractivity contribution is 6.52. The Labute approximate surface area is 98.8 Å². The van der Waals surface area contributed by atoms with Crippen LogP contribution < -0.4 is 5.73 Å². The second kappa shape index (κ2) is 4.85. The number of benzene rings is 1. The molecular weight excluding hydrogens is 223 g/mol. The van der Waals surface area contributed by atoms with Gasteiger partial charge in [0, 0.05) is 25.4 Å². The lowest BCUT2D eigenvalue weighted by Crippen LogP contribution is -2.40. The Balaban J connectivity index is 1.93. The Kier molecular flexibility index (Phi) is 3.44. The zero-order chi connectivity index (χ0) is 12.3. The van der Waals surface area contributed by atoms with E-state index >= 15 is 0 Å². The first-order valence-electron chi connectivity index (χ1n) is 5.29. The molecule has 1 fully saturated rings. The Morgan fingerprint density at radius 2 is 1.94 bits per heavy atom. The minimum Gasteiger partial charge on any atom is -0.533 e. The first-order valence-corrected chi connectivity index (χ1v) is 5.29. The fraction of sp³-hybridized carbons (Fsp3) is 0.300. The van der Waals surface area contributed by atoms with Gasteiger partial charge in [-0.3, -0.25) is 5.41 Å². The molecule has 0 radical (unpaired) electrons. The lowest BCUT2D eigenvalue weighted by Gasteiger charge is -2.28. The summed E-state index contributed by atoms with van der Waals surface area (Å²) in [5.41, 5.74) is 6.82. The zero-order valence-corrected chi connectivity index (χ0v) is 9.26. The van der Waals surface area contributed by atoms with Crippen LogP contribution in [0.1, 0.15) is 11.1 Å². The average Bonchev–Trinajstić information content (AvgIpc) is 2.75. The molecule has 1 aromatic rings.